The number of ether oxygens (including phenoxy) is 1. The molecule has 3 nitrogen and oxygen atoms in total. The van der Waals surface area contributed by atoms with Gasteiger partial charge in [0.15, 0.2) is 0 Å². The van der Waals surface area contributed by atoms with E-state index in [-0.39, 0.29) is 17.3 Å². The maximum Gasteiger partial charge on any atom is 0.303 e. The zero-order valence-electron chi connectivity index (χ0n) is 12.1. The fourth-order valence-electron chi connectivity index (χ4n) is 4.27. The number of carbonyl (C=O) groups excluding carboxylic acids is 2. The lowest BCUT2D eigenvalue weighted by atomic mass is 9.45. The fraction of sp³-hybridized carbons (Fsp3) is 0.867. The molecule has 0 aromatic rings. The number of esters is 1. The number of carbonyl (C=O) groups is 2. The molecule has 0 aliphatic heterocycles. The molecular weight excluding hydrogens is 228 g/mol. The van der Waals surface area contributed by atoms with Crippen molar-refractivity contribution < 1.29 is 14.3 Å². The largest absolute Gasteiger partial charge is 0.458 e. The van der Waals surface area contributed by atoms with Gasteiger partial charge >= 0.3 is 5.97 Å². The molecule has 18 heavy (non-hydrogen) atoms. The van der Waals surface area contributed by atoms with Gasteiger partial charge in [-0.15, -0.1) is 0 Å². The van der Waals surface area contributed by atoms with Crippen LogP contribution < -0.4 is 0 Å². The van der Waals surface area contributed by atoms with Crippen molar-refractivity contribution in [3.63, 3.8) is 0 Å². The van der Waals surface area contributed by atoms with Crippen molar-refractivity contribution >= 4 is 11.8 Å². The predicted molar refractivity (Wildman–Crippen MR) is 69.0 cm³/mol. The molecule has 0 heterocycles. The zero-order chi connectivity index (χ0) is 13.8. The van der Waals surface area contributed by atoms with Gasteiger partial charge in [-0.3, -0.25) is 9.59 Å². The minimum Gasteiger partial charge on any atom is -0.458 e. The van der Waals surface area contributed by atoms with E-state index in [1.165, 1.54) is 6.92 Å². The first kappa shape index (κ1) is 13.6. The van der Waals surface area contributed by atoms with Crippen molar-refractivity contribution in [1.29, 1.82) is 0 Å². The van der Waals surface area contributed by atoms with Crippen molar-refractivity contribution in [3.8, 4) is 0 Å². The first-order valence-corrected chi connectivity index (χ1v) is 6.86. The summed E-state index contributed by atoms with van der Waals surface area (Å²) in [5, 5.41) is 0. The van der Waals surface area contributed by atoms with Crippen molar-refractivity contribution in [3.05, 3.63) is 0 Å². The van der Waals surface area contributed by atoms with Crippen LogP contribution in [0.1, 0.15) is 60.3 Å². The summed E-state index contributed by atoms with van der Waals surface area (Å²) in [6, 6.07) is 0. The minimum absolute atomic E-state index is 0.0731. The van der Waals surface area contributed by atoms with Crippen LogP contribution in [0, 0.1) is 16.7 Å². The summed E-state index contributed by atoms with van der Waals surface area (Å²) in [5.41, 5.74) is -0.864. The van der Waals surface area contributed by atoms with E-state index >= 15 is 0 Å². The molecule has 0 radical (unpaired) electrons. The zero-order valence-corrected chi connectivity index (χ0v) is 12.1. The van der Waals surface area contributed by atoms with Gasteiger partial charge in [0.25, 0.3) is 0 Å². The second-order valence-corrected chi connectivity index (χ2v) is 7.22. The second-order valence-electron chi connectivity index (χ2n) is 7.22. The van der Waals surface area contributed by atoms with Crippen LogP contribution in [0.25, 0.3) is 0 Å². The predicted octanol–water partition coefficient (Wildman–Crippen LogP) is 3.11. The molecule has 0 amide bonds. The average Bonchev–Trinajstić information content (AvgIpc) is 2.20. The van der Waals surface area contributed by atoms with E-state index in [2.05, 4.69) is 13.8 Å². The summed E-state index contributed by atoms with van der Waals surface area (Å²) in [6.07, 6.45) is 3.45. The summed E-state index contributed by atoms with van der Waals surface area (Å²) in [6.45, 7) is 9.80. The van der Waals surface area contributed by atoms with Crippen LogP contribution >= 0.6 is 0 Å². The number of rotatable bonds is 1. The topological polar surface area (TPSA) is 43.4 Å². The number of hydrogen-bond donors (Lipinski definition) is 0. The standard InChI is InChI=1S/C15H24O3/c1-10-8-13(3,4)9-15(12(10)17)7-6-14(15,5)18-11(2)16/h10H,6-9H2,1-5H3. The first-order valence-electron chi connectivity index (χ1n) is 6.86. The van der Waals surface area contributed by atoms with Crippen LogP contribution in [0.5, 0.6) is 0 Å². The lowest BCUT2D eigenvalue weighted by Gasteiger charge is -2.61. The smallest absolute Gasteiger partial charge is 0.303 e. The molecule has 2 saturated carbocycles. The Labute approximate surface area is 109 Å². The molecule has 0 N–H and O–H groups in total. The third-order valence-corrected chi connectivity index (χ3v) is 4.97. The Morgan fingerprint density at radius 3 is 2.33 bits per heavy atom. The maximum absolute atomic E-state index is 12.6. The van der Waals surface area contributed by atoms with Crippen LogP contribution in [0.2, 0.25) is 0 Å². The van der Waals surface area contributed by atoms with E-state index in [1.54, 1.807) is 0 Å². The first-order chi connectivity index (χ1) is 8.12. The number of hydrogen-bond acceptors (Lipinski definition) is 3. The van der Waals surface area contributed by atoms with Gasteiger partial charge in [-0.05, 0) is 38.0 Å². The highest BCUT2D eigenvalue weighted by Gasteiger charge is 2.66. The van der Waals surface area contributed by atoms with E-state index in [4.69, 9.17) is 4.74 Å². The minimum atomic E-state index is -0.581. The summed E-state index contributed by atoms with van der Waals surface area (Å²) in [4.78, 5) is 23.9. The molecule has 0 saturated heterocycles. The number of Topliss-reactive ketones (excluding diaryl/α,β-unsaturated/α-hetero) is 1. The molecule has 3 atom stereocenters. The highest BCUT2D eigenvalue weighted by molar-refractivity contribution is 5.90. The summed E-state index contributed by atoms with van der Waals surface area (Å²) in [7, 11) is 0. The fourth-order valence-corrected chi connectivity index (χ4v) is 4.27. The van der Waals surface area contributed by atoms with E-state index in [9.17, 15) is 9.59 Å². The molecule has 0 aromatic heterocycles. The van der Waals surface area contributed by atoms with Gasteiger partial charge in [0.05, 0.1) is 5.41 Å². The quantitative estimate of drug-likeness (QED) is 0.673. The molecule has 2 aliphatic carbocycles. The monoisotopic (exact) mass is 252 g/mol. The molecule has 3 unspecified atom stereocenters. The van der Waals surface area contributed by atoms with Crippen molar-refractivity contribution in [2.24, 2.45) is 16.7 Å². The maximum atomic E-state index is 12.6. The lowest BCUT2D eigenvalue weighted by Crippen LogP contribution is -2.66. The Morgan fingerprint density at radius 2 is 1.89 bits per heavy atom. The van der Waals surface area contributed by atoms with Gasteiger partial charge in [0.1, 0.15) is 11.4 Å². The van der Waals surface area contributed by atoms with Gasteiger partial charge in [-0.2, -0.15) is 0 Å². The third-order valence-electron chi connectivity index (χ3n) is 4.97. The van der Waals surface area contributed by atoms with Gasteiger partial charge in [0.2, 0.25) is 0 Å². The normalized spacial score (nSPS) is 42.5. The SMILES string of the molecule is CC(=O)OC1(C)CCC12CC(C)(C)CC(C)C2=O. The van der Waals surface area contributed by atoms with Gasteiger partial charge in [0, 0.05) is 12.8 Å². The number of ketones is 1. The summed E-state index contributed by atoms with van der Waals surface area (Å²) >= 11 is 0. The van der Waals surface area contributed by atoms with Crippen molar-refractivity contribution in [2.45, 2.75) is 65.9 Å². The molecular formula is C15H24O3. The lowest BCUT2D eigenvalue weighted by molar-refractivity contribution is -0.216. The molecule has 2 rings (SSSR count). The van der Waals surface area contributed by atoms with E-state index in [1.807, 2.05) is 13.8 Å². The molecule has 102 valence electrons. The second kappa shape index (κ2) is 3.82. The Kier molecular flexibility index (Phi) is 2.88. The highest BCUT2D eigenvalue weighted by atomic mass is 16.6. The molecule has 3 heteroatoms. The molecule has 2 aliphatic rings. The molecule has 1 spiro atoms. The van der Waals surface area contributed by atoms with Gasteiger partial charge in [-0.25, -0.2) is 0 Å². The van der Waals surface area contributed by atoms with Crippen LogP contribution in [0.15, 0.2) is 0 Å². The van der Waals surface area contributed by atoms with Crippen LogP contribution in [0.4, 0.5) is 0 Å². The van der Waals surface area contributed by atoms with E-state index < -0.39 is 11.0 Å². The van der Waals surface area contributed by atoms with Gasteiger partial charge < -0.3 is 4.74 Å². The average molecular weight is 252 g/mol. The van der Waals surface area contributed by atoms with E-state index in [0.717, 1.165) is 25.7 Å². The Bertz CT molecular complexity index is 399. The van der Waals surface area contributed by atoms with Crippen LogP contribution in [-0.2, 0) is 14.3 Å². The van der Waals surface area contributed by atoms with Crippen LogP contribution in [-0.4, -0.2) is 17.4 Å². The van der Waals surface area contributed by atoms with Crippen molar-refractivity contribution in [1.82, 2.24) is 0 Å². The molecule has 0 bridgehead atoms. The Balaban J connectivity index is 2.34. The Morgan fingerprint density at radius 1 is 1.28 bits per heavy atom. The molecule has 2 fully saturated rings. The Hall–Kier alpha value is -0.860. The highest BCUT2D eigenvalue weighted by Crippen LogP contribution is 2.62. The molecule has 0 aromatic carbocycles. The summed E-state index contributed by atoms with van der Waals surface area (Å²) < 4.78 is 5.52. The van der Waals surface area contributed by atoms with E-state index in [0.29, 0.717) is 5.78 Å². The van der Waals surface area contributed by atoms with Crippen LogP contribution in [0.3, 0.4) is 0 Å². The van der Waals surface area contributed by atoms with Gasteiger partial charge in [-0.1, -0.05) is 20.8 Å². The van der Waals surface area contributed by atoms with Crippen molar-refractivity contribution in [2.75, 3.05) is 0 Å². The third kappa shape index (κ3) is 1.79. The summed E-state index contributed by atoms with van der Waals surface area (Å²) in [5.74, 6) is 0.0983.